The quantitative estimate of drug-likeness (QED) is 0.516. The zero-order valence-electron chi connectivity index (χ0n) is 22.1. The van der Waals surface area contributed by atoms with Crippen LogP contribution >= 0.6 is 7.37 Å². The van der Waals surface area contributed by atoms with Crippen molar-refractivity contribution in [2.45, 2.75) is 58.3 Å². The van der Waals surface area contributed by atoms with Crippen molar-refractivity contribution < 1.29 is 23.5 Å². The van der Waals surface area contributed by atoms with Crippen LogP contribution in [0.25, 0.3) is 0 Å². The third-order valence-electron chi connectivity index (χ3n) is 7.43. The smallest absolute Gasteiger partial charge is 0.258 e. The highest BCUT2D eigenvalue weighted by Gasteiger charge is 2.52. The summed E-state index contributed by atoms with van der Waals surface area (Å²) in [5, 5.41) is 0. The highest BCUT2D eigenvalue weighted by atomic mass is 31.2. The normalized spacial score (nSPS) is 25.1. The van der Waals surface area contributed by atoms with Gasteiger partial charge in [0.05, 0.1) is 24.4 Å². The number of benzene rings is 1. The van der Waals surface area contributed by atoms with Crippen molar-refractivity contribution in [1.82, 2.24) is 14.7 Å². The molecular formula is C26H39N4O5P. The lowest BCUT2D eigenvalue weighted by molar-refractivity contribution is -0.149. The van der Waals surface area contributed by atoms with E-state index in [9.17, 15) is 18.9 Å². The van der Waals surface area contributed by atoms with Crippen LogP contribution in [-0.4, -0.2) is 96.8 Å². The first kappa shape index (κ1) is 26.8. The van der Waals surface area contributed by atoms with Gasteiger partial charge >= 0.3 is 0 Å². The van der Waals surface area contributed by atoms with Crippen molar-refractivity contribution in [2.24, 2.45) is 5.92 Å². The Morgan fingerprint density at radius 2 is 1.83 bits per heavy atom. The molecular weight excluding hydrogens is 479 g/mol. The highest BCUT2D eigenvalue weighted by Crippen LogP contribution is 2.44. The van der Waals surface area contributed by atoms with Crippen molar-refractivity contribution in [3.8, 4) is 0 Å². The Morgan fingerprint density at radius 3 is 2.47 bits per heavy atom. The Morgan fingerprint density at radius 1 is 1.17 bits per heavy atom. The average molecular weight is 519 g/mol. The first-order valence-corrected chi connectivity index (χ1v) is 15.2. The standard InChI is InChI=1S/C26H39N4O5P/c1-6-35-36(5,34)17-24(31)29-21-10-8-7-9-20(21)25(32)30-22(15-18(2)3)26(33)28(16-23(29)30)19-11-13-27(4)14-12-19/h7-10,18-19,22-23H,6,11-17H2,1-5H3/t22-,23+,36?/m0/s1. The van der Waals surface area contributed by atoms with Crippen LogP contribution in [-0.2, 0) is 18.7 Å². The Bertz CT molecular complexity index is 1050. The molecule has 3 aliphatic heterocycles. The lowest BCUT2D eigenvalue weighted by atomic mass is 9.92. The molecule has 1 aromatic carbocycles. The van der Waals surface area contributed by atoms with Gasteiger partial charge in [-0.15, -0.1) is 0 Å². The molecule has 0 radical (unpaired) electrons. The summed E-state index contributed by atoms with van der Waals surface area (Å²) in [6, 6.07) is 6.43. The first-order valence-electron chi connectivity index (χ1n) is 13.0. The highest BCUT2D eigenvalue weighted by molar-refractivity contribution is 7.59. The molecule has 3 atom stereocenters. The number of hydrogen-bond acceptors (Lipinski definition) is 6. The molecule has 0 N–H and O–H groups in total. The summed E-state index contributed by atoms with van der Waals surface area (Å²) in [5.74, 6) is -0.443. The zero-order valence-corrected chi connectivity index (χ0v) is 22.9. The summed E-state index contributed by atoms with van der Waals surface area (Å²) in [4.78, 5) is 48.9. The molecule has 3 amide bonds. The molecule has 0 saturated carbocycles. The van der Waals surface area contributed by atoms with Gasteiger partial charge in [0.15, 0.2) is 0 Å². The van der Waals surface area contributed by atoms with Gasteiger partial charge in [-0.1, -0.05) is 26.0 Å². The van der Waals surface area contributed by atoms with Crippen LogP contribution in [0, 0.1) is 5.92 Å². The number of carbonyl (C=O) groups excluding carboxylic acids is 3. The van der Waals surface area contributed by atoms with Gasteiger partial charge in [0.2, 0.25) is 19.2 Å². The number of piperazine rings is 1. The number of piperidine rings is 1. The predicted molar refractivity (Wildman–Crippen MR) is 139 cm³/mol. The number of likely N-dealkylation sites (tertiary alicyclic amines) is 1. The largest absolute Gasteiger partial charge is 0.334 e. The summed E-state index contributed by atoms with van der Waals surface area (Å²) in [6.45, 7) is 9.60. The van der Waals surface area contributed by atoms with Crippen molar-refractivity contribution >= 4 is 30.8 Å². The lowest BCUT2D eigenvalue weighted by Crippen LogP contribution is -2.72. The van der Waals surface area contributed by atoms with E-state index in [1.807, 2.05) is 18.7 Å². The third-order valence-corrected chi connectivity index (χ3v) is 9.08. The molecule has 0 spiro atoms. The molecule has 4 rings (SSSR count). The van der Waals surface area contributed by atoms with Gasteiger partial charge in [0, 0.05) is 12.7 Å². The number of rotatable bonds is 7. The van der Waals surface area contributed by atoms with E-state index in [-0.39, 0.29) is 49.0 Å². The molecule has 3 heterocycles. The van der Waals surface area contributed by atoms with Gasteiger partial charge in [-0.05, 0) is 64.4 Å². The lowest BCUT2D eigenvalue weighted by Gasteiger charge is -2.54. The van der Waals surface area contributed by atoms with Crippen LogP contribution < -0.4 is 4.90 Å². The van der Waals surface area contributed by atoms with Gasteiger partial charge in [-0.25, -0.2) is 0 Å². The van der Waals surface area contributed by atoms with Gasteiger partial charge in [0.25, 0.3) is 5.91 Å². The fourth-order valence-corrected chi connectivity index (χ4v) is 7.04. The van der Waals surface area contributed by atoms with E-state index in [4.69, 9.17) is 4.52 Å². The topological polar surface area (TPSA) is 90.5 Å². The monoisotopic (exact) mass is 518 g/mol. The maximum absolute atomic E-state index is 13.9. The Balaban J connectivity index is 1.77. The van der Waals surface area contributed by atoms with E-state index >= 15 is 0 Å². The summed E-state index contributed by atoms with van der Waals surface area (Å²) in [5.41, 5.74) is 0.893. The minimum Gasteiger partial charge on any atom is -0.334 e. The summed E-state index contributed by atoms with van der Waals surface area (Å²) in [7, 11) is -1.09. The van der Waals surface area contributed by atoms with E-state index in [0.29, 0.717) is 17.7 Å². The zero-order chi connectivity index (χ0) is 26.2. The SMILES string of the molecule is CCOP(C)(=O)CC(=O)N1c2ccccc2C(=O)N2[C@@H]1CN(C1CCN(C)CC1)C(=O)[C@@H]2CC(C)C. The van der Waals surface area contributed by atoms with Crippen LogP contribution in [0.5, 0.6) is 0 Å². The van der Waals surface area contributed by atoms with Gasteiger partial charge in [0.1, 0.15) is 18.4 Å². The Hall–Kier alpha value is -2.22. The summed E-state index contributed by atoms with van der Waals surface area (Å²) in [6.07, 6.45) is 1.32. The maximum atomic E-state index is 13.9. The van der Waals surface area contributed by atoms with Crippen LogP contribution in [0.4, 0.5) is 5.69 Å². The number of fused-ring (bicyclic) bond motifs is 2. The number of amides is 3. The van der Waals surface area contributed by atoms with E-state index in [1.165, 1.54) is 6.66 Å². The molecule has 0 bridgehead atoms. The fraction of sp³-hybridized carbons (Fsp3) is 0.654. The number of nitrogens with zero attached hydrogens (tertiary/aromatic N) is 4. The Kier molecular flexibility index (Phi) is 7.93. The number of carbonyl (C=O) groups is 3. The number of para-hydroxylation sites is 1. The molecule has 36 heavy (non-hydrogen) atoms. The minimum atomic E-state index is -3.17. The van der Waals surface area contributed by atoms with E-state index in [2.05, 4.69) is 11.9 Å². The molecule has 2 fully saturated rings. The Labute approximate surface area is 214 Å². The third kappa shape index (κ3) is 5.24. The number of hydrogen-bond donors (Lipinski definition) is 0. The molecule has 3 aliphatic rings. The molecule has 0 aromatic heterocycles. The van der Waals surface area contributed by atoms with Crippen molar-refractivity contribution in [2.75, 3.05) is 51.0 Å². The predicted octanol–water partition coefficient (Wildman–Crippen LogP) is 3.10. The van der Waals surface area contributed by atoms with Crippen molar-refractivity contribution in [3.05, 3.63) is 29.8 Å². The van der Waals surface area contributed by atoms with Crippen LogP contribution in [0.1, 0.15) is 50.4 Å². The molecule has 2 saturated heterocycles. The van der Waals surface area contributed by atoms with Gasteiger partial charge in [-0.2, -0.15) is 0 Å². The number of anilines is 1. The molecule has 10 heteroatoms. The van der Waals surface area contributed by atoms with E-state index in [0.717, 1.165) is 25.9 Å². The molecule has 1 aromatic rings. The second kappa shape index (κ2) is 10.6. The second-order valence-corrected chi connectivity index (χ2v) is 13.3. The fourth-order valence-electron chi connectivity index (χ4n) is 5.76. The van der Waals surface area contributed by atoms with Gasteiger partial charge in [-0.3, -0.25) is 23.8 Å². The summed E-state index contributed by atoms with van der Waals surface area (Å²) >= 11 is 0. The molecule has 0 aliphatic carbocycles. The van der Waals surface area contributed by atoms with Crippen LogP contribution in [0.3, 0.4) is 0 Å². The van der Waals surface area contributed by atoms with E-state index in [1.54, 1.807) is 41.0 Å². The maximum Gasteiger partial charge on any atom is 0.258 e. The second-order valence-electron chi connectivity index (χ2n) is 10.7. The van der Waals surface area contributed by atoms with Gasteiger partial charge < -0.3 is 19.2 Å². The van der Waals surface area contributed by atoms with Crippen LogP contribution in [0.15, 0.2) is 24.3 Å². The van der Waals surface area contributed by atoms with Crippen molar-refractivity contribution in [1.29, 1.82) is 0 Å². The van der Waals surface area contributed by atoms with Crippen molar-refractivity contribution in [3.63, 3.8) is 0 Å². The van der Waals surface area contributed by atoms with Crippen LogP contribution in [0.2, 0.25) is 0 Å². The first-order chi connectivity index (χ1) is 17.0. The van der Waals surface area contributed by atoms with E-state index < -0.39 is 19.6 Å². The molecule has 198 valence electrons. The average Bonchev–Trinajstić information content (AvgIpc) is 2.81. The summed E-state index contributed by atoms with van der Waals surface area (Å²) < 4.78 is 18.4. The molecule has 1 unspecified atom stereocenters. The minimum absolute atomic E-state index is 0.0369. The molecule has 9 nitrogen and oxygen atoms in total.